The van der Waals surface area contributed by atoms with E-state index in [-0.39, 0.29) is 55.5 Å². The summed E-state index contributed by atoms with van der Waals surface area (Å²) in [4.78, 5) is 0. The minimum absolute atomic E-state index is 0. The van der Waals surface area contributed by atoms with E-state index in [9.17, 15) is 0 Å². The van der Waals surface area contributed by atoms with Crippen LogP contribution in [-0.4, -0.2) is 67.1 Å². The Balaban J connectivity index is 0. The van der Waals surface area contributed by atoms with Gasteiger partial charge in [-0.3, -0.25) is 0 Å². The molecule has 0 rings (SSSR count). The first-order valence-corrected chi connectivity index (χ1v) is 1.22. The van der Waals surface area contributed by atoms with E-state index in [2.05, 4.69) is 0 Å². The summed E-state index contributed by atoms with van der Waals surface area (Å²) in [5.41, 5.74) is 4.78. The van der Waals surface area contributed by atoms with Gasteiger partial charge >= 0.3 is 48.9 Å². The first kappa shape index (κ1) is 9.70. The summed E-state index contributed by atoms with van der Waals surface area (Å²) in [7, 11) is 0. The number of aliphatic hydroxyl groups excluding tert-OH is 1. The molecule has 0 aliphatic carbocycles. The Hall–Kier alpha value is 1.49. The molecule has 0 radical (unpaired) electrons. The Bertz CT molecular complexity index is 11.6. The van der Waals surface area contributed by atoms with Crippen LogP contribution in [-0.2, 0) is 0 Å². The molecule has 5 heavy (non-hydrogen) atoms. The van der Waals surface area contributed by atoms with Crippen LogP contribution in [0.3, 0.4) is 0 Å². The molecule has 0 atom stereocenters. The molecule has 0 spiro atoms. The van der Waals surface area contributed by atoms with Gasteiger partial charge in [-0.2, -0.15) is 0 Å². The van der Waals surface area contributed by atoms with Crippen molar-refractivity contribution in [3.05, 3.63) is 0 Å². The maximum absolute atomic E-state index is 7.75. The third-order valence-corrected chi connectivity index (χ3v) is 0.129. The van der Waals surface area contributed by atoms with Gasteiger partial charge in [-0.15, -0.1) is 0 Å². The van der Waals surface area contributed by atoms with Crippen LogP contribution in [0.25, 0.3) is 0 Å². The molecule has 0 aromatic rings. The van der Waals surface area contributed by atoms with Crippen LogP contribution < -0.4 is 5.73 Å². The van der Waals surface area contributed by atoms with Crippen molar-refractivity contribution in [3.8, 4) is 0 Å². The normalized spacial score (nSPS) is 6.00. The third kappa shape index (κ3) is 10.8. The van der Waals surface area contributed by atoms with Gasteiger partial charge in [0.05, 0.1) is 6.61 Å². The van der Waals surface area contributed by atoms with Crippen molar-refractivity contribution in [1.29, 1.82) is 0 Å². The summed E-state index contributed by atoms with van der Waals surface area (Å²) in [6.45, 7) is 0.472. The summed E-state index contributed by atoms with van der Waals surface area (Å²) >= 11 is 0. The SMILES string of the molecule is NCCO.[BaH2]. The zero-order valence-corrected chi connectivity index (χ0v) is 2.44. The molecule has 0 aliphatic heterocycles. The number of rotatable bonds is 1. The van der Waals surface area contributed by atoms with Crippen molar-refractivity contribution in [3.63, 3.8) is 0 Å². The molecule has 0 bridgehead atoms. The second-order valence-electron chi connectivity index (χ2n) is 0.512. The zero-order chi connectivity index (χ0) is 3.41. The predicted molar refractivity (Wildman–Crippen MR) is 24.7 cm³/mol. The quantitative estimate of drug-likeness (QED) is 0.482. The second-order valence-corrected chi connectivity index (χ2v) is 0.512. The summed E-state index contributed by atoms with van der Waals surface area (Å²) in [6, 6.07) is 0. The summed E-state index contributed by atoms with van der Waals surface area (Å²) < 4.78 is 0. The summed E-state index contributed by atoms with van der Waals surface area (Å²) in [5, 5.41) is 7.75. The molecule has 0 unspecified atom stereocenters. The molecular weight excluding hydrogens is 191 g/mol. The van der Waals surface area contributed by atoms with Crippen LogP contribution in [0.15, 0.2) is 0 Å². The molecular formula is C2H9BaNO. The molecule has 30 valence electrons. The van der Waals surface area contributed by atoms with Crippen LogP contribution in [0.1, 0.15) is 0 Å². The van der Waals surface area contributed by atoms with E-state index in [0.717, 1.165) is 0 Å². The Labute approximate surface area is 71.8 Å². The first-order valence-electron chi connectivity index (χ1n) is 1.22. The average Bonchev–Trinajstić information content (AvgIpc) is 1.37. The fourth-order valence-corrected chi connectivity index (χ4v) is 0. The average molecular weight is 200 g/mol. The van der Waals surface area contributed by atoms with E-state index in [1.807, 2.05) is 0 Å². The summed E-state index contributed by atoms with van der Waals surface area (Å²) in [6.07, 6.45) is 0. The molecule has 3 N–H and O–H groups in total. The maximum atomic E-state index is 7.75. The molecule has 0 saturated carbocycles. The van der Waals surface area contributed by atoms with Gasteiger partial charge in [0.2, 0.25) is 0 Å². The van der Waals surface area contributed by atoms with E-state index in [1.165, 1.54) is 0 Å². The van der Waals surface area contributed by atoms with Gasteiger partial charge in [0.15, 0.2) is 0 Å². The Morgan fingerprint density at radius 1 is 1.60 bits per heavy atom. The van der Waals surface area contributed by atoms with Crippen molar-refractivity contribution in [2.45, 2.75) is 0 Å². The standard InChI is InChI=1S/C2H7NO.Ba.2H/c3-1-2-4;;;/h4H,1-3H2;;;. The van der Waals surface area contributed by atoms with E-state index >= 15 is 0 Å². The molecule has 3 heteroatoms. The van der Waals surface area contributed by atoms with Crippen LogP contribution in [0.2, 0.25) is 0 Å². The van der Waals surface area contributed by atoms with Crippen LogP contribution in [0.5, 0.6) is 0 Å². The van der Waals surface area contributed by atoms with Gasteiger partial charge in [0.25, 0.3) is 0 Å². The molecule has 2 nitrogen and oxygen atoms in total. The number of hydrogen-bond acceptors (Lipinski definition) is 2. The number of nitrogens with two attached hydrogens (primary N) is 1. The van der Waals surface area contributed by atoms with E-state index in [0.29, 0.717) is 6.54 Å². The molecule has 0 fully saturated rings. The summed E-state index contributed by atoms with van der Waals surface area (Å²) in [5.74, 6) is 0. The van der Waals surface area contributed by atoms with E-state index < -0.39 is 0 Å². The van der Waals surface area contributed by atoms with Crippen LogP contribution in [0.4, 0.5) is 0 Å². The first-order chi connectivity index (χ1) is 1.91. The van der Waals surface area contributed by atoms with E-state index in [4.69, 9.17) is 10.8 Å². The van der Waals surface area contributed by atoms with Crippen molar-refractivity contribution in [1.82, 2.24) is 0 Å². The number of aliphatic hydroxyl groups is 1. The van der Waals surface area contributed by atoms with Crippen molar-refractivity contribution in [2.75, 3.05) is 13.2 Å². The van der Waals surface area contributed by atoms with Crippen molar-refractivity contribution >= 4 is 48.9 Å². The third-order valence-electron chi connectivity index (χ3n) is 0.129. The van der Waals surface area contributed by atoms with Gasteiger partial charge in [-0.05, 0) is 0 Å². The fourth-order valence-electron chi connectivity index (χ4n) is 0. The molecule has 0 aromatic carbocycles. The topological polar surface area (TPSA) is 46.2 Å². The molecule has 0 aromatic heterocycles. The van der Waals surface area contributed by atoms with Crippen LogP contribution in [0, 0.1) is 0 Å². The zero-order valence-electron chi connectivity index (χ0n) is 2.44. The van der Waals surface area contributed by atoms with Crippen LogP contribution >= 0.6 is 0 Å². The second kappa shape index (κ2) is 9.09. The monoisotopic (exact) mass is 201 g/mol. The minimum atomic E-state index is 0. The van der Waals surface area contributed by atoms with Gasteiger partial charge in [-0.25, -0.2) is 0 Å². The molecule has 0 amide bonds. The van der Waals surface area contributed by atoms with Crippen molar-refractivity contribution in [2.24, 2.45) is 5.73 Å². The Morgan fingerprint density at radius 3 is 1.80 bits per heavy atom. The number of hydrogen-bond donors (Lipinski definition) is 2. The van der Waals surface area contributed by atoms with Gasteiger partial charge in [-0.1, -0.05) is 0 Å². The van der Waals surface area contributed by atoms with Gasteiger partial charge < -0.3 is 10.8 Å². The molecule has 0 aliphatic rings. The van der Waals surface area contributed by atoms with Crippen molar-refractivity contribution < 1.29 is 5.11 Å². The van der Waals surface area contributed by atoms with Gasteiger partial charge in [0, 0.05) is 6.54 Å². The predicted octanol–water partition coefficient (Wildman–Crippen LogP) is -1.98. The Morgan fingerprint density at radius 2 is 1.80 bits per heavy atom. The molecule has 0 saturated heterocycles. The fraction of sp³-hybridized carbons (Fsp3) is 1.00. The molecule has 0 heterocycles. The Kier molecular flexibility index (Phi) is 17.6. The van der Waals surface area contributed by atoms with Gasteiger partial charge in [0.1, 0.15) is 0 Å². The van der Waals surface area contributed by atoms with E-state index in [1.54, 1.807) is 0 Å².